The number of halogens is 2. The minimum atomic E-state index is -0.447. The zero-order valence-corrected chi connectivity index (χ0v) is 16.4. The molecule has 4 rings (SSSR count). The van der Waals surface area contributed by atoms with E-state index in [1.165, 1.54) is 12.1 Å². The van der Waals surface area contributed by atoms with Crippen LogP contribution >= 0.6 is 11.6 Å². The molecule has 3 heterocycles. The molecule has 0 radical (unpaired) electrons. The smallest absolute Gasteiger partial charge is 0.300 e. The summed E-state index contributed by atoms with van der Waals surface area (Å²) in [5.41, 5.74) is 1.88. The number of benzene rings is 1. The van der Waals surface area contributed by atoms with Crippen LogP contribution in [0.25, 0.3) is 22.6 Å². The molecule has 0 aliphatic carbocycles. The van der Waals surface area contributed by atoms with Crippen LogP contribution in [0.2, 0.25) is 5.28 Å². The topological polar surface area (TPSA) is 88.5 Å². The summed E-state index contributed by atoms with van der Waals surface area (Å²) >= 11 is 6.11. The van der Waals surface area contributed by atoms with Gasteiger partial charge in [-0.25, -0.2) is 14.4 Å². The summed E-state index contributed by atoms with van der Waals surface area (Å²) in [6.07, 6.45) is 2.48. The van der Waals surface area contributed by atoms with Crippen molar-refractivity contribution in [2.24, 2.45) is 0 Å². The minimum Gasteiger partial charge on any atom is -0.366 e. The van der Waals surface area contributed by atoms with Gasteiger partial charge in [-0.2, -0.15) is 4.98 Å². The van der Waals surface area contributed by atoms with Crippen molar-refractivity contribution >= 4 is 28.6 Å². The van der Waals surface area contributed by atoms with E-state index in [0.29, 0.717) is 35.9 Å². The SMILES string of the molecule is CCCn1c(Cl)nc(=O)c2[nH]c(-c3ccc(NCc4cccc(F)c4)nc3)nc21. The second kappa shape index (κ2) is 8.00. The van der Waals surface area contributed by atoms with Crippen LogP contribution in [0.15, 0.2) is 47.4 Å². The fourth-order valence-electron chi connectivity index (χ4n) is 3.03. The second-order valence-corrected chi connectivity index (χ2v) is 6.88. The molecule has 0 unspecified atom stereocenters. The van der Waals surface area contributed by atoms with Crippen molar-refractivity contribution in [3.05, 3.63) is 69.6 Å². The Hall–Kier alpha value is -3.26. The lowest BCUT2D eigenvalue weighted by Crippen LogP contribution is -2.14. The van der Waals surface area contributed by atoms with E-state index < -0.39 is 5.56 Å². The van der Waals surface area contributed by atoms with Crippen LogP contribution in [-0.4, -0.2) is 24.5 Å². The van der Waals surface area contributed by atoms with Crippen LogP contribution in [0.4, 0.5) is 10.2 Å². The fraction of sp³-hybridized carbons (Fsp3) is 0.200. The Morgan fingerprint density at radius 2 is 2.10 bits per heavy atom. The lowest BCUT2D eigenvalue weighted by molar-refractivity contribution is 0.626. The molecule has 7 nitrogen and oxygen atoms in total. The van der Waals surface area contributed by atoms with E-state index in [9.17, 15) is 9.18 Å². The van der Waals surface area contributed by atoms with Gasteiger partial charge in [-0.05, 0) is 47.9 Å². The summed E-state index contributed by atoms with van der Waals surface area (Å²) in [5.74, 6) is 0.879. The Balaban J connectivity index is 1.59. The molecule has 0 bridgehead atoms. The van der Waals surface area contributed by atoms with Gasteiger partial charge >= 0.3 is 0 Å². The molecule has 4 aromatic rings. The third-order valence-corrected chi connectivity index (χ3v) is 4.71. The molecule has 0 aliphatic heterocycles. The van der Waals surface area contributed by atoms with Gasteiger partial charge in [0.2, 0.25) is 5.28 Å². The maximum atomic E-state index is 13.3. The first-order valence-corrected chi connectivity index (χ1v) is 9.53. The number of imidazole rings is 1. The number of pyridine rings is 1. The number of nitrogens with zero attached hydrogens (tertiary/aromatic N) is 4. The van der Waals surface area contributed by atoms with Crippen LogP contribution in [0, 0.1) is 5.82 Å². The highest BCUT2D eigenvalue weighted by molar-refractivity contribution is 6.28. The van der Waals surface area contributed by atoms with Gasteiger partial charge in [0.1, 0.15) is 17.5 Å². The van der Waals surface area contributed by atoms with E-state index in [1.54, 1.807) is 22.9 Å². The van der Waals surface area contributed by atoms with Gasteiger partial charge in [0.05, 0.1) is 0 Å². The maximum Gasteiger partial charge on any atom is 0.300 e. The number of rotatable bonds is 6. The normalized spacial score (nSPS) is 11.1. The Kier molecular flexibility index (Phi) is 5.26. The predicted octanol–water partition coefficient (Wildman–Crippen LogP) is 4.00. The fourth-order valence-corrected chi connectivity index (χ4v) is 3.27. The van der Waals surface area contributed by atoms with Crippen molar-refractivity contribution in [1.82, 2.24) is 24.5 Å². The molecule has 29 heavy (non-hydrogen) atoms. The quantitative estimate of drug-likeness (QED) is 0.467. The summed E-state index contributed by atoms with van der Waals surface area (Å²) in [4.78, 5) is 27.9. The van der Waals surface area contributed by atoms with Gasteiger partial charge < -0.3 is 10.3 Å². The Morgan fingerprint density at radius 1 is 1.24 bits per heavy atom. The van der Waals surface area contributed by atoms with Gasteiger partial charge in [-0.3, -0.25) is 9.36 Å². The maximum absolute atomic E-state index is 13.3. The van der Waals surface area contributed by atoms with Crippen molar-refractivity contribution in [2.75, 3.05) is 5.32 Å². The van der Waals surface area contributed by atoms with E-state index in [2.05, 4.69) is 25.3 Å². The van der Waals surface area contributed by atoms with Crippen molar-refractivity contribution in [3.8, 4) is 11.4 Å². The standard InChI is InChI=1S/C20H18ClFN6O/c1-2-8-28-18-16(19(29)27-20(28)21)25-17(26-18)13-6-7-15(24-11-13)23-10-12-4-3-5-14(22)9-12/h3-7,9,11H,2,8,10H2,1H3,(H,23,24)(H,25,26). The first-order valence-electron chi connectivity index (χ1n) is 9.16. The molecule has 9 heteroatoms. The lowest BCUT2D eigenvalue weighted by atomic mass is 10.2. The largest absolute Gasteiger partial charge is 0.366 e. The van der Waals surface area contributed by atoms with Crippen LogP contribution in [0.3, 0.4) is 0 Å². The van der Waals surface area contributed by atoms with Crippen LogP contribution in [0.1, 0.15) is 18.9 Å². The third-order valence-electron chi connectivity index (χ3n) is 4.42. The average Bonchev–Trinajstić information content (AvgIpc) is 3.16. The molecule has 1 aromatic carbocycles. The number of aromatic nitrogens is 5. The van der Waals surface area contributed by atoms with Crippen molar-refractivity contribution in [2.45, 2.75) is 26.4 Å². The van der Waals surface area contributed by atoms with Gasteiger partial charge in [-0.1, -0.05) is 19.1 Å². The molecule has 0 fully saturated rings. The number of hydrogen-bond acceptors (Lipinski definition) is 5. The van der Waals surface area contributed by atoms with Gasteiger partial charge in [0.25, 0.3) is 5.56 Å². The number of aromatic amines is 1. The molecule has 148 valence electrons. The Morgan fingerprint density at radius 3 is 2.83 bits per heavy atom. The minimum absolute atomic E-state index is 0.123. The zero-order chi connectivity index (χ0) is 20.4. The molecule has 0 aliphatic rings. The number of aryl methyl sites for hydroxylation is 1. The summed E-state index contributed by atoms with van der Waals surface area (Å²) in [5, 5.41) is 3.27. The van der Waals surface area contributed by atoms with Gasteiger partial charge in [-0.15, -0.1) is 0 Å². The van der Waals surface area contributed by atoms with E-state index in [0.717, 1.165) is 17.5 Å². The van der Waals surface area contributed by atoms with Gasteiger partial charge in [0.15, 0.2) is 11.2 Å². The molecule has 0 amide bonds. The number of fused-ring (bicyclic) bond motifs is 1. The monoisotopic (exact) mass is 412 g/mol. The number of nitrogens with one attached hydrogen (secondary N) is 2. The van der Waals surface area contributed by atoms with E-state index in [4.69, 9.17) is 11.6 Å². The van der Waals surface area contributed by atoms with E-state index >= 15 is 0 Å². The highest BCUT2D eigenvalue weighted by Crippen LogP contribution is 2.21. The highest BCUT2D eigenvalue weighted by atomic mass is 35.5. The molecule has 0 spiro atoms. The predicted molar refractivity (Wildman–Crippen MR) is 110 cm³/mol. The van der Waals surface area contributed by atoms with Crippen molar-refractivity contribution < 1.29 is 4.39 Å². The van der Waals surface area contributed by atoms with E-state index in [-0.39, 0.29) is 11.1 Å². The zero-order valence-electron chi connectivity index (χ0n) is 15.6. The second-order valence-electron chi connectivity index (χ2n) is 6.54. The first-order chi connectivity index (χ1) is 14.0. The Bertz CT molecular complexity index is 1220. The highest BCUT2D eigenvalue weighted by Gasteiger charge is 2.15. The first kappa shape index (κ1) is 19.1. The third kappa shape index (κ3) is 3.97. The summed E-state index contributed by atoms with van der Waals surface area (Å²) in [6, 6.07) is 10.0. The molecule has 3 aromatic heterocycles. The van der Waals surface area contributed by atoms with Gasteiger partial charge in [0, 0.05) is 24.8 Å². The van der Waals surface area contributed by atoms with Crippen molar-refractivity contribution in [3.63, 3.8) is 0 Å². The summed E-state index contributed by atoms with van der Waals surface area (Å²) < 4.78 is 15.0. The van der Waals surface area contributed by atoms with Crippen LogP contribution in [-0.2, 0) is 13.1 Å². The number of hydrogen-bond donors (Lipinski definition) is 2. The molecule has 0 atom stereocenters. The molecular formula is C20H18ClFN6O. The Labute approximate surface area is 170 Å². The van der Waals surface area contributed by atoms with Crippen molar-refractivity contribution in [1.29, 1.82) is 0 Å². The number of anilines is 1. The summed E-state index contributed by atoms with van der Waals surface area (Å²) in [7, 11) is 0. The van der Waals surface area contributed by atoms with Crippen LogP contribution in [0.5, 0.6) is 0 Å². The molecule has 0 saturated carbocycles. The van der Waals surface area contributed by atoms with E-state index in [1.807, 2.05) is 19.1 Å². The molecule has 2 N–H and O–H groups in total. The number of H-pyrrole nitrogens is 1. The molecular weight excluding hydrogens is 395 g/mol. The average molecular weight is 413 g/mol. The lowest BCUT2D eigenvalue weighted by Gasteiger charge is -2.06. The van der Waals surface area contributed by atoms with Crippen LogP contribution < -0.4 is 10.9 Å². The molecule has 0 saturated heterocycles. The summed E-state index contributed by atoms with van der Waals surface area (Å²) in [6.45, 7) is 3.07.